The van der Waals surface area contributed by atoms with Crippen LogP contribution < -0.4 is 5.32 Å². The van der Waals surface area contributed by atoms with Crippen LogP contribution in [-0.4, -0.2) is 31.1 Å². The van der Waals surface area contributed by atoms with E-state index >= 15 is 0 Å². The average molecular weight is 401 g/mol. The number of amides is 1. The number of thioether (sulfide) groups is 1. The zero-order valence-electron chi connectivity index (χ0n) is 15.9. The van der Waals surface area contributed by atoms with Gasteiger partial charge in [-0.25, -0.2) is 0 Å². The summed E-state index contributed by atoms with van der Waals surface area (Å²) >= 11 is 1.39. The summed E-state index contributed by atoms with van der Waals surface area (Å²) in [5.41, 5.74) is 0.718. The van der Waals surface area contributed by atoms with E-state index in [-0.39, 0.29) is 11.2 Å². The van der Waals surface area contributed by atoms with E-state index in [1.807, 2.05) is 19.1 Å². The van der Waals surface area contributed by atoms with Gasteiger partial charge in [0.2, 0.25) is 17.6 Å². The minimum atomic E-state index is -0.374. The molecule has 1 N–H and O–H groups in total. The monoisotopic (exact) mass is 401 g/mol. The number of hydrogen-bond acceptors (Lipinski definition) is 7. The lowest BCUT2D eigenvalue weighted by molar-refractivity contribution is -0.115. The van der Waals surface area contributed by atoms with Crippen molar-refractivity contribution in [2.24, 2.45) is 0 Å². The van der Waals surface area contributed by atoms with Gasteiger partial charge in [0.05, 0.1) is 17.2 Å². The molecule has 3 aromatic rings. The van der Waals surface area contributed by atoms with Gasteiger partial charge in [0.25, 0.3) is 0 Å². The number of aromatic nitrogens is 4. The summed E-state index contributed by atoms with van der Waals surface area (Å²) in [5.74, 6) is 1.59. The summed E-state index contributed by atoms with van der Waals surface area (Å²) in [5, 5.41) is 15.6. The Morgan fingerprint density at radius 2 is 2.14 bits per heavy atom. The number of anilines is 1. The molecular weight excluding hydrogens is 378 g/mol. The van der Waals surface area contributed by atoms with E-state index in [1.54, 1.807) is 19.3 Å². The number of nitrogens with zero attached hydrogens (tertiary/aromatic N) is 4. The molecule has 9 heteroatoms. The largest absolute Gasteiger partial charge is 0.461 e. The lowest BCUT2D eigenvalue weighted by Crippen LogP contribution is -2.23. The summed E-state index contributed by atoms with van der Waals surface area (Å²) in [4.78, 5) is 12.6. The van der Waals surface area contributed by atoms with E-state index in [0.29, 0.717) is 17.7 Å². The van der Waals surface area contributed by atoms with Gasteiger partial charge < -0.3 is 8.94 Å². The normalized spacial score (nSPS) is 16.2. The maximum Gasteiger partial charge on any atom is 0.240 e. The van der Waals surface area contributed by atoms with Crippen molar-refractivity contribution in [3.05, 3.63) is 30.2 Å². The number of nitrogens with one attached hydrogen (secondary N) is 1. The molecule has 0 aliphatic heterocycles. The molecule has 8 nitrogen and oxygen atoms in total. The number of rotatable bonds is 6. The minimum Gasteiger partial charge on any atom is -0.461 e. The van der Waals surface area contributed by atoms with Gasteiger partial charge in [0.1, 0.15) is 0 Å². The molecule has 148 valence electrons. The zero-order chi connectivity index (χ0) is 19.5. The Labute approximate surface area is 167 Å². The van der Waals surface area contributed by atoms with Gasteiger partial charge >= 0.3 is 0 Å². The Balaban J connectivity index is 1.55. The van der Waals surface area contributed by atoms with E-state index < -0.39 is 0 Å². The Morgan fingerprint density at radius 1 is 1.32 bits per heavy atom. The SMILES string of the molecule is Cc1cc(NC(=O)C(C)Sc2nnc(-c3ccco3)n2C2CCCCC2)on1. The first-order valence-corrected chi connectivity index (χ1v) is 10.4. The lowest BCUT2D eigenvalue weighted by atomic mass is 9.95. The molecule has 3 aromatic heterocycles. The predicted molar refractivity (Wildman–Crippen MR) is 105 cm³/mol. The van der Waals surface area contributed by atoms with Crippen LogP contribution in [0.4, 0.5) is 5.88 Å². The summed E-state index contributed by atoms with van der Waals surface area (Å²) in [6.45, 7) is 3.65. The zero-order valence-corrected chi connectivity index (χ0v) is 16.7. The van der Waals surface area contributed by atoms with Crippen molar-refractivity contribution >= 4 is 23.6 Å². The van der Waals surface area contributed by atoms with Crippen molar-refractivity contribution in [1.29, 1.82) is 0 Å². The molecule has 1 amide bonds. The van der Waals surface area contributed by atoms with Crippen molar-refractivity contribution in [3.8, 4) is 11.6 Å². The third-order valence-electron chi connectivity index (χ3n) is 4.87. The first-order valence-electron chi connectivity index (χ1n) is 9.51. The van der Waals surface area contributed by atoms with Crippen molar-refractivity contribution in [2.75, 3.05) is 5.32 Å². The molecule has 1 unspecified atom stereocenters. The van der Waals surface area contributed by atoms with Crippen LogP contribution in [0.5, 0.6) is 0 Å². The summed E-state index contributed by atoms with van der Waals surface area (Å²) < 4.78 is 12.8. The van der Waals surface area contributed by atoms with Gasteiger partial charge in [0.15, 0.2) is 10.9 Å². The molecule has 1 aliphatic carbocycles. The highest BCUT2D eigenvalue weighted by atomic mass is 32.2. The van der Waals surface area contributed by atoms with E-state index in [4.69, 9.17) is 8.94 Å². The molecule has 1 saturated carbocycles. The van der Waals surface area contributed by atoms with E-state index in [2.05, 4.69) is 25.2 Å². The molecule has 0 spiro atoms. The van der Waals surface area contributed by atoms with Gasteiger partial charge in [-0.3, -0.25) is 14.7 Å². The summed E-state index contributed by atoms with van der Waals surface area (Å²) in [7, 11) is 0. The fraction of sp³-hybridized carbons (Fsp3) is 0.474. The molecule has 1 aliphatic rings. The third kappa shape index (κ3) is 3.99. The number of furan rings is 1. The average Bonchev–Trinajstić information content (AvgIpc) is 3.43. The number of carbonyl (C=O) groups excluding carboxylic acids is 1. The van der Waals surface area contributed by atoms with Crippen LogP contribution in [0.25, 0.3) is 11.6 Å². The standard InChI is InChI=1S/C19H23N5O3S/c1-12-11-16(27-23-12)20-18(25)13(2)28-19-22-21-17(15-9-6-10-26-15)24(19)14-7-4-3-5-8-14/h6,9-11,13-14H,3-5,7-8H2,1-2H3,(H,20,25). The third-order valence-corrected chi connectivity index (χ3v) is 5.93. The molecule has 0 saturated heterocycles. The molecule has 1 fully saturated rings. The van der Waals surface area contributed by atoms with Gasteiger partial charge in [-0.2, -0.15) is 0 Å². The Bertz CT molecular complexity index is 927. The first kappa shape index (κ1) is 18.8. The number of hydrogen-bond donors (Lipinski definition) is 1. The van der Waals surface area contributed by atoms with E-state index in [9.17, 15) is 4.79 Å². The fourth-order valence-corrected chi connectivity index (χ4v) is 4.38. The van der Waals surface area contributed by atoms with Crippen LogP contribution >= 0.6 is 11.8 Å². The molecular formula is C19H23N5O3S. The fourth-order valence-electron chi connectivity index (χ4n) is 3.46. The first-order chi connectivity index (χ1) is 13.6. The van der Waals surface area contributed by atoms with Gasteiger partial charge in [-0.15, -0.1) is 10.2 Å². The molecule has 0 radical (unpaired) electrons. The van der Waals surface area contributed by atoms with Gasteiger partial charge in [-0.05, 0) is 38.8 Å². The predicted octanol–water partition coefficient (Wildman–Crippen LogP) is 4.46. The molecule has 4 rings (SSSR count). The second kappa shape index (κ2) is 8.22. The Hall–Kier alpha value is -2.55. The topological polar surface area (TPSA) is 99.0 Å². The minimum absolute atomic E-state index is 0.168. The molecule has 0 bridgehead atoms. The quantitative estimate of drug-likeness (QED) is 0.609. The van der Waals surface area contributed by atoms with E-state index in [1.165, 1.54) is 31.0 Å². The van der Waals surface area contributed by atoms with Crippen molar-refractivity contribution in [1.82, 2.24) is 19.9 Å². The second-order valence-electron chi connectivity index (χ2n) is 7.03. The van der Waals surface area contributed by atoms with Gasteiger partial charge in [-0.1, -0.05) is 36.2 Å². The molecule has 28 heavy (non-hydrogen) atoms. The highest BCUT2D eigenvalue weighted by Crippen LogP contribution is 2.36. The van der Waals surface area contributed by atoms with Crippen LogP contribution in [-0.2, 0) is 4.79 Å². The Kier molecular flexibility index (Phi) is 5.52. The maximum absolute atomic E-state index is 12.6. The Morgan fingerprint density at radius 3 is 2.82 bits per heavy atom. The van der Waals surface area contributed by atoms with Crippen LogP contribution in [0, 0.1) is 6.92 Å². The highest BCUT2D eigenvalue weighted by molar-refractivity contribution is 8.00. The maximum atomic E-state index is 12.6. The smallest absolute Gasteiger partial charge is 0.240 e. The van der Waals surface area contributed by atoms with Crippen LogP contribution in [0.15, 0.2) is 38.6 Å². The van der Waals surface area contributed by atoms with Crippen molar-refractivity contribution in [3.63, 3.8) is 0 Å². The van der Waals surface area contributed by atoms with Crippen LogP contribution in [0.3, 0.4) is 0 Å². The molecule has 1 atom stereocenters. The second-order valence-corrected chi connectivity index (χ2v) is 8.34. The van der Waals surface area contributed by atoms with E-state index in [0.717, 1.165) is 29.5 Å². The summed E-state index contributed by atoms with van der Waals surface area (Å²) in [6.07, 6.45) is 7.43. The summed E-state index contributed by atoms with van der Waals surface area (Å²) in [6, 6.07) is 5.74. The number of aryl methyl sites for hydroxylation is 1. The number of carbonyl (C=O) groups is 1. The highest BCUT2D eigenvalue weighted by Gasteiger charge is 2.27. The van der Waals surface area contributed by atoms with Crippen molar-refractivity contribution in [2.45, 2.75) is 62.4 Å². The molecule has 3 heterocycles. The van der Waals surface area contributed by atoms with Crippen LogP contribution in [0.2, 0.25) is 0 Å². The lowest BCUT2D eigenvalue weighted by Gasteiger charge is -2.25. The van der Waals surface area contributed by atoms with Crippen molar-refractivity contribution < 1.29 is 13.7 Å². The molecule has 0 aromatic carbocycles. The van der Waals surface area contributed by atoms with Gasteiger partial charge in [0, 0.05) is 12.1 Å². The van der Waals surface area contributed by atoms with Crippen LogP contribution in [0.1, 0.15) is 50.8 Å².